The second-order valence-electron chi connectivity index (χ2n) is 2.46. The van der Waals surface area contributed by atoms with Crippen molar-refractivity contribution in [1.29, 1.82) is 0 Å². The smallest absolute Gasteiger partial charge is 0.237 e. The predicted molar refractivity (Wildman–Crippen MR) is 44.0 cm³/mol. The van der Waals surface area contributed by atoms with Crippen LogP contribution >= 0.6 is 0 Å². The van der Waals surface area contributed by atoms with Gasteiger partial charge < -0.3 is 22.5 Å². The molecule has 0 fully saturated rings. The molecule has 0 saturated heterocycles. The molecule has 1 unspecified atom stereocenters. The zero-order chi connectivity index (χ0) is 10.4. The largest absolute Gasteiger partial charge is 0.370 e. The molecule has 0 saturated carbocycles. The van der Waals surface area contributed by atoms with Crippen LogP contribution in [0.25, 0.3) is 0 Å². The molecule has 0 aromatic heterocycles. The van der Waals surface area contributed by atoms with Gasteiger partial charge in [0.1, 0.15) is 0 Å². The highest BCUT2D eigenvalue weighted by molar-refractivity contribution is 5.90. The van der Waals surface area contributed by atoms with E-state index in [0.29, 0.717) is 0 Å². The molecule has 0 aliphatic heterocycles. The number of rotatable bonds is 5. The van der Waals surface area contributed by atoms with E-state index in [1.165, 1.54) is 0 Å². The number of hydrogen-bond acceptors (Lipinski definition) is 4. The molecule has 0 aliphatic rings. The van der Waals surface area contributed by atoms with E-state index in [1.54, 1.807) is 0 Å². The number of nitrogens with two attached hydrogens (primary N) is 3. The molecule has 74 valence electrons. The van der Waals surface area contributed by atoms with Crippen LogP contribution in [-0.2, 0) is 14.4 Å². The van der Waals surface area contributed by atoms with Crippen molar-refractivity contribution in [2.45, 2.75) is 12.5 Å². The molecule has 3 amide bonds. The summed E-state index contributed by atoms with van der Waals surface area (Å²) in [7, 11) is 0. The predicted octanol–water partition coefficient (Wildman–Crippen LogP) is -3.21. The standard InChI is InChI=1S/C6H12N4O3/c7-3(1-4(8)11)6(13)10-2-5(9)12/h3H,1-2,7H2,(H2,8,11)(H2,9,12)(H,10,13). The third-order valence-corrected chi connectivity index (χ3v) is 1.19. The first kappa shape index (κ1) is 11.4. The Labute approximate surface area is 74.6 Å². The first-order valence-corrected chi connectivity index (χ1v) is 3.53. The quantitative estimate of drug-likeness (QED) is 0.360. The van der Waals surface area contributed by atoms with Crippen LogP contribution in [0.5, 0.6) is 0 Å². The van der Waals surface area contributed by atoms with E-state index in [2.05, 4.69) is 5.32 Å². The number of nitrogens with one attached hydrogen (secondary N) is 1. The first-order valence-electron chi connectivity index (χ1n) is 3.53. The van der Waals surface area contributed by atoms with Crippen molar-refractivity contribution in [3.05, 3.63) is 0 Å². The van der Waals surface area contributed by atoms with E-state index < -0.39 is 23.8 Å². The maximum atomic E-state index is 10.9. The molecule has 0 radical (unpaired) electrons. The molecule has 0 bridgehead atoms. The van der Waals surface area contributed by atoms with Crippen molar-refractivity contribution in [2.24, 2.45) is 17.2 Å². The Morgan fingerprint density at radius 3 is 2.08 bits per heavy atom. The van der Waals surface area contributed by atoms with E-state index in [0.717, 1.165) is 0 Å². The lowest BCUT2D eigenvalue weighted by atomic mass is 10.2. The molecular formula is C6H12N4O3. The fourth-order valence-corrected chi connectivity index (χ4v) is 0.615. The fraction of sp³-hybridized carbons (Fsp3) is 0.500. The van der Waals surface area contributed by atoms with E-state index in [4.69, 9.17) is 17.2 Å². The van der Waals surface area contributed by atoms with Crippen LogP contribution in [0.4, 0.5) is 0 Å². The van der Waals surface area contributed by atoms with Crippen LogP contribution in [0, 0.1) is 0 Å². The van der Waals surface area contributed by atoms with Crippen molar-refractivity contribution >= 4 is 17.7 Å². The Balaban J connectivity index is 3.82. The van der Waals surface area contributed by atoms with Gasteiger partial charge >= 0.3 is 0 Å². The minimum atomic E-state index is -1.03. The van der Waals surface area contributed by atoms with E-state index in [-0.39, 0.29) is 13.0 Å². The van der Waals surface area contributed by atoms with Crippen LogP contribution in [0.3, 0.4) is 0 Å². The summed E-state index contributed by atoms with van der Waals surface area (Å²) in [4.78, 5) is 31.5. The highest BCUT2D eigenvalue weighted by Crippen LogP contribution is 1.85. The lowest BCUT2D eigenvalue weighted by Gasteiger charge is -2.08. The molecule has 0 spiro atoms. The molecule has 1 atom stereocenters. The van der Waals surface area contributed by atoms with E-state index in [9.17, 15) is 14.4 Å². The zero-order valence-electron chi connectivity index (χ0n) is 6.95. The SMILES string of the molecule is NC(=O)CNC(=O)C(N)CC(N)=O. The molecule has 7 nitrogen and oxygen atoms in total. The lowest BCUT2D eigenvalue weighted by Crippen LogP contribution is -2.45. The van der Waals surface area contributed by atoms with Gasteiger partial charge in [-0.05, 0) is 0 Å². The molecule has 7 N–H and O–H groups in total. The number of hydrogen-bond donors (Lipinski definition) is 4. The van der Waals surface area contributed by atoms with Gasteiger partial charge in [0.15, 0.2) is 0 Å². The van der Waals surface area contributed by atoms with E-state index in [1.807, 2.05) is 0 Å². The summed E-state index contributed by atoms with van der Waals surface area (Å²) in [6.45, 7) is -0.300. The molecule has 0 heterocycles. The van der Waals surface area contributed by atoms with Crippen LogP contribution < -0.4 is 22.5 Å². The Morgan fingerprint density at radius 1 is 1.15 bits per heavy atom. The van der Waals surface area contributed by atoms with Crippen molar-refractivity contribution < 1.29 is 14.4 Å². The highest BCUT2D eigenvalue weighted by atomic mass is 16.2. The first-order chi connectivity index (χ1) is 5.93. The summed E-state index contributed by atoms with van der Waals surface area (Å²) < 4.78 is 0. The Kier molecular flexibility index (Phi) is 4.45. The van der Waals surface area contributed by atoms with Gasteiger partial charge in [-0.2, -0.15) is 0 Å². The number of primary amides is 2. The Bertz CT molecular complexity index is 228. The van der Waals surface area contributed by atoms with Gasteiger partial charge in [0, 0.05) is 0 Å². The van der Waals surface area contributed by atoms with Gasteiger partial charge in [-0.15, -0.1) is 0 Å². The van der Waals surface area contributed by atoms with Crippen LogP contribution in [0.1, 0.15) is 6.42 Å². The molecule has 13 heavy (non-hydrogen) atoms. The van der Waals surface area contributed by atoms with Crippen LogP contribution in [-0.4, -0.2) is 30.3 Å². The summed E-state index contributed by atoms with van der Waals surface area (Å²) in [6, 6.07) is -1.03. The monoisotopic (exact) mass is 188 g/mol. The second kappa shape index (κ2) is 5.09. The van der Waals surface area contributed by atoms with Gasteiger partial charge in [0.05, 0.1) is 19.0 Å². The van der Waals surface area contributed by atoms with Gasteiger partial charge in [-0.1, -0.05) is 0 Å². The summed E-state index contributed by atoms with van der Waals surface area (Å²) in [5.41, 5.74) is 14.8. The number of carbonyl (C=O) groups is 3. The fourth-order valence-electron chi connectivity index (χ4n) is 0.615. The van der Waals surface area contributed by atoms with Gasteiger partial charge in [0.25, 0.3) is 0 Å². The second-order valence-corrected chi connectivity index (χ2v) is 2.46. The minimum absolute atomic E-state index is 0.259. The summed E-state index contributed by atoms with van der Waals surface area (Å²) in [5, 5.41) is 2.14. The average Bonchev–Trinajstić information content (AvgIpc) is 1.98. The molecule has 0 rings (SSSR count). The highest BCUT2D eigenvalue weighted by Gasteiger charge is 2.15. The summed E-state index contributed by atoms with van der Waals surface area (Å²) >= 11 is 0. The topological polar surface area (TPSA) is 141 Å². The van der Waals surface area contributed by atoms with E-state index >= 15 is 0 Å². The van der Waals surface area contributed by atoms with Crippen molar-refractivity contribution in [2.75, 3.05) is 6.54 Å². The Morgan fingerprint density at radius 2 is 1.69 bits per heavy atom. The molecule has 7 heteroatoms. The van der Waals surface area contributed by atoms with Crippen molar-refractivity contribution in [3.63, 3.8) is 0 Å². The number of amides is 3. The van der Waals surface area contributed by atoms with Crippen molar-refractivity contribution in [1.82, 2.24) is 5.32 Å². The minimum Gasteiger partial charge on any atom is -0.370 e. The maximum Gasteiger partial charge on any atom is 0.237 e. The normalized spacial score (nSPS) is 11.8. The number of carbonyl (C=O) groups excluding carboxylic acids is 3. The molecule has 0 aromatic carbocycles. The summed E-state index contributed by atoms with van der Waals surface area (Å²) in [6.07, 6.45) is -0.259. The average molecular weight is 188 g/mol. The summed E-state index contributed by atoms with van der Waals surface area (Å²) in [5.74, 6) is -1.99. The zero-order valence-corrected chi connectivity index (χ0v) is 6.95. The Hall–Kier alpha value is -1.63. The third kappa shape index (κ3) is 5.62. The van der Waals surface area contributed by atoms with Gasteiger partial charge in [-0.25, -0.2) is 0 Å². The maximum absolute atomic E-state index is 10.9. The molecular weight excluding hydrogens is 176 g/mol. The van der Waals surface area contributed by atoms with Crippen molar-refractivity contribution in [3.8, 4) is 0 Å². The van der Waals surface area contributed by atoms with Crippen LogP contribution in [0.2, 0.25) is 0 Å². The van der Waals surface area contributed by atoms with Gasteiger partial charge in [-0.3, -0.25) is 14.4 Å². The van der Waals surface area contributed by atoms with Crippen LogP contribution in [0.15, 0.2) is 0 Å². The van der Waals surface area contributed by atoms with Gasteiger partial charge in [0.2, 0.25) is 17.7 Å². The third-order valence-electron chi connectivity index (χ3n) is 1.19. The molecule has 0 aromatic rings. The lowest BCUT2D eigenvalue weighted by molar-refractivity contribution is -0.127. The molecule has 0 aliphatic carbocycles.